The molecule has 0 aliphatic rings. The smallest absolute Gasteiger partial charge is 0.145 e. The molecule has 0 aliphatic heterocycles. The van der Waals surface area contributed by atoms with Crippen LogP contribution in [0.1, 0.15) is 33.6 Å². The molecule has 0 saturated heterocycles. The van der Waals surface area contributed by atoms with Crippen molar-refractivity contribution in [1.29, 1.82) is 0 Å². The zero-order chi connectivity index (χ0) is 9.56. The number of aliphatic hydroxyl groups is 1. The lowest BCUT2D eigenvalue weighted by atomic mass is 10.0. The van der Waals surface area contributed by atoms with Gasteiger partial charge in [-0.05, 0) is 31.3 Å². The van der Waals surface area contributed by atoms with Crippen molar-refractivity contribution in [1.82, 2.24) is 0 Å². The molecule has 0 rings (SSSR count). The second kappa shape index (κ2) is 5.95. The number of aliphatic hydroxyl groups excluding tert-OH is 1. The molecular weight excluding hydrogens is 152 g/mol. The summed E-state index contributed by atoms with van der Waals surface area (Å²) < 4.78 is 0. The number of carbonyl (C=O) groups excluding carboxylic acids is 1. The number of allylic oxidation sites excluding steroid dienone is 1. The van der Waals surface area contributed by atoms with Crippen molar-refractivity contribution in [2.75, 3.05) is 0 Å². The Morgan fingerprint density at radius 2 is 2.08 bits per heavy atom. The van der Waals surface area contributed by atoms with Crippen LogP contribution in [0.2, 0.25) is 0 Å². The standard InChI is InChI=1S/C10H18O2/c1-8(2)6-10(12)5-4-9(3)7-11/h4,7-8,10,12H,5-6H2,1-3H3/b9-4+. The van der Waals surface area contributed by atoms with Crippen molar-refractivity contribution < 1.29 is 9.90 Å². The van der Waals surface area contributed by atoms with E-state index in [9.17, 15) is 9.90 Å². The summed E-state index contributed by atoms with van der Waals surface area (Å²) in [5, 5.41) is 9.40. The summed E-state index contributed by atoms with van der Waals surface area (Å²) in [4.78, 5) is 10.2. The van der Waals surface area contributed by atoms with Gasteiger partial charge in [0.15, 0.2) is 0 Å². The van der Waals surface area contributed by atoms with E-state index in [1.54, 1.807) is 13.0 Å². The minimum absolute atomic E-state index is 0.306. The number of aldehydes is 1. The number of hydrogen-bond donors (Lipinski definition) is 1. The van der Waals surface area contributed by atoms with E-state index in [1.165, 1.54) is 0 Å². The average molecular weight is 170 g/mol. The van der Waals surface area contributed by atoms with E-state index in [1.807, 2.05) is 0 Å². The maximum Gasteiger partial charge on any atom is 0.145 e. The van der Waals surface area contributed by atoms with E-state index in [-0.39, 0.29) is 6.10 Å². The van der Waals surface area contributed by atoms with E-state index < -0.39 is 0 Å². The summed E-state index contributed by atoms with van der Waals surface area (Å²) in [5.41, 5.74) is 0.692. The van der Waals surface area contributed by atoms with Gasteiger partial charge in [0, 0.05) is 0 Å². The summed E-state index contributed by atoms with van der Waals surface area (Å²) in [6.45, 7) is 5.88. The Bertz CT molecular complexity index is 159. The van der Waals surface area contributed by atoms with Crippen LogP contribution in [-0.4, -0.2) is 17.5 Å². The van der Waals surface area contributed by atoms with E-state index in [0.29, 0.717) is 17.9 Å². The highest BCUT2D eigenvalue weighted by Crippen LogP contribution is 2.08. The Morgan fingerprint density at radius 3 is 2.50 bits per heavy atom. The molecule has 0 aromatic heterocycles. The van der Waals surface area contributed by atoms with Crippen LogP contribution in [0.25, 0.3) is 0 Å². The van der Waals surface area contributed by atoms with Gasteiger partial charge in [-0.15, -0.1) is 0 Å². The highest BCUT2D eigenvalue weighted by Gasteiger charge is 2.04. The van der Waals surface area contributed by atoms with Crippen LogP contribution in [0.4, 0.5) is 0 Å². The molecule has 2 nitrogen and oxygen atoms in total. The number of carbonyl (C=O) groups is 1. The van der Waals surface area contributed by atoms with Gasteiger partial charge in [0.2, 0.25) is 0 Å². The molecule has 0 radical (unpaired) electrons. The first-order valence-electron chi connectivity index (χ1n) is 4.36. The molecule has 70 valence electrons. The fourth-order valence-corrected chi connectivity index (χ4v) is 1.01. The molecule has 0 fully saturated rings. The van der Waals surface area contributed by atoms with Crippen molar-refractivity contribution in [3.63, 3.8) is 0 Å². The molecule has 0 amide bonds. The van der Waals surface area contributed by atoms with Crippen LogP contribution in [0.15, 0.2) is 11.6 Å². The third kappa shape index (κ3) is 6.10. The maximum atomic E-state index is 10.2. The second-order valence-corrected chi connectivity index (χ2v) is 3.59. The van der Waals surface area contributed by atoms with Crippen molar-refractivity contribution in [3.8, 4) is 0 Å². The Labute approximate surface area is 74.3 Å². The topological polar surface area (TPSA) is 37.3 Å². The molecule has 0 saturated carbocycles. The lowest BCUT2D eigenvalue weighted by molar-refractivity contribution is -0.104. The highest BCUT2D eigenvalue weighted by atomic mass is 16.3. The van der Waals surface area contributed by atoms with E-state index in [2.05, 4.69) is 13.8 Å². The minimum Gasteiger partial charge on any atom is -0.393 e. The lowest BCUT2D eigenvalue weighted by Crippen LogP contribution is -2.08. The Morgan fingerprint density at radius 1 is 1.50 bits per heavy atom. The fourth-order valence-electron chi connectivity index (χ4n) is 1.01. The van der Waals surface area contributed by atoms with Gasteiger partial charge in [-0.1, -0.05) is 19.9 Å². The first kappa shape index (κ1) is 11.4. The highest BCUT2D eigenvalue weighted by molar-refractivity contribution is 5.71. The molecule has 1 unspecified atom stereocenters. The quantitative estimate of drug-likeness (QED) is 0.505. The van der Waals surface area contributed by atoms with E-state index in [4.69, 9.17) is 0 Å². The summed E-state index contributed by atoms with van der Waals surface area (Å²) >= 11 is 0. The number of rotatable bonds is 5. The summed E-state index contributed by atoms with van der Waals surface area (Å²) in [5.74, 6) is 0.505. The molecule has 0 aromatic rings. The fraction of sp³-hybridized carbons (Fsp3) is 0.700. The number of hydrogen-bond acceptors (Lipinski definition) is 2. The molecular formula is C10H18O2. The maximum absolute atomic E-state index is 10.2. The van der Waals surface area contributed by atoms with Crippen LogP contribution >= 0.6 is 0 Å². The minimum atomic E-state index is -0.306. The summed E-state index contributed by atoms with van der Waals surface area (Å²) in [6.07, 6.45) is 3.66. The van der Waals surface area contributed by atoms with Crippen molar-refractivity contribution >= 4 is 6.29 Å². The largest absolute Gasteiger partial charge is 0.393 e. The van der Waals surface area contributed by atoms with Crippen molar-refractivity contribution in [3.05, 3.63) is 11.6 Å². The van der Waals surface area contributed by atoms with Gasteiger partial charge >= 0.3 is 0 Å². The van der Waals surface area contributed by atoms with Crippen LogP contribution in [0.5, 0.6) is 0 Å². The predicted octanol–water partition coefficient (Wildman–Crippen LogP) is 1.93. The zero-order valence-electron chi connectivity index (χ0n) is 8.08. The Kier molecular flexibility index (Phi) is 5.64. The molecule has 0 aromatic carbocycles. The SMILES string of the molecule is C/C(C=O)=C\CC(O)CC(C)C. The van der Waals surface area contributed by atoms with Crippen LogP contribution < -0.4 is 0 Å². The molecule has 0 spiro atoms. The summed E-state index contributed by atoms with van der Waals surface area (Å²) in [6, 6.07) is 0. The van der Waals surface area contributed by atoms with Crippen molar-refractivity contribution in [2.45, 2.75) is 39.7 Å². The molecule has 0 aliphatic carbocycles. The lowest BCUT2D eigenvalue weighted by Gasteiger charge is -2.10. The van der Waals surface area contributed by atoms with Crippen molar-refractivity contribution in [2.24, 2.45) is 5.92 Å². The summed E-state index contributed by atoms with van der Waals surface area (Å²) in [7, 11) is 0. The van der Waals surface area contributed by atoms with Gasteiger partial charge in [-0.2, -0.15) is 0 Å². The van der Waals surface area contributed by atoms with Gasteiger partial charge in [0.1, 0.15) is 6.29 Å². The van der Waals surface area contributed by atoms with Gasteiger partial charge in [0.05, 0.1) is 6.10 Å². The second-order valence-electron chi connectivity index (χ2n) is 3.59. The average Bonchev–Trinajstić information content (AvgIpc) is 1.99. The molecule has 0 heterocycles. The molecule has 0 bridgehead atoms. The zero-order valence-corrected chi connectivity index (χ0v) is 8.08. The van der Waals surface area contributed by atoms with Gasteiger partial charge in [-0.3, -0.25) is 4.79 Å². The van der Waals surface area contributed by atoms with E-state index >= 15 is 0 Å². The van der Waals surface area contributed by atoms with E-state index in [0.717, 1.165) is 12.7 Å². The van der Waals surface area contributed by atoms with Crippen LogP contribution in [0.3, 0.4) is 0 Å². The predicted molar refractivity (Wildman–Crippen MR) is 49.9 cm³/mol. The van der Waals surface area contributed by atoms with Crippen LogP contribution in [-0.2, 0) is 4.79 Å². The molecule has 1 N–H and O–H groups in total. The molecule has 12 heavy (non-hydrogen) atoms. The van der Waals surface area contributed by atoms with Crippen LogP contribution in [0, 0.1) is 5.92 Å². The first-order chi connectivity index (χ1) is 5.56. The molecule has 1 atom stereocenters. The monoisotopic (exact) mass is 170 g/mol. The van der Waals surface area contributed by atoms with Gasteiger partial charge < -0.3 is 5.11 Å². The van der Waals surface area contributed by atoms with Gasteiger partial charge in [-0.25, -0.2) is 0 Å². The Balaban J connectivity index is 3.70. The first-order valence-corrected chi connectivity index (χ1v) is 4.36. The third-order valence-electron chi connectivity index (χ3n) is 1.64. The Hall–Kier alpha value is -0.630. The normalized spacial score (nSPS) is 14.9. The molecule has 2 heteroatoms. The third-order valence-corrected chi connectivity index (χ3v) is 1.64. The van der Waals surface area contributed by atoms with Gasteiger partial charge in [0.25, 0.3) is 0 Å².